The Bertz CT molecular complexity index is 1580. The fraction of sp³-hybridized carbons (Fsp3) is 0.538. The average molecular weight is 632 g/mol. The maximum atomic E-state index is 14.0. The smallest absolute Gasteiger partial charge is 0.459 e. The number of nitrogens with two attached hydrogens (primary N) is 1. The summed E-state index contributed by atoms with van der Waals surface area (Å²) in [6.07, 6.45) is -0.102. The number of fused-ring (bicyclic) bond motifs is 1. The van der Waals surface area contributed by atoms with Crippen LogP contribution in [0.15, 0.2) is 41.8 Å². The van der Waals surface area contributed by atoms with Gasteiger partial charge in [-0.1, -0.05) is 23.3 Å². The summed E-state index contributed by atoms with van der Waals surface area (Å²) in [6, 6.07) is 7.19. The van der Waals surface area contributed by atoms with Gasteiger partial charge in [0.15, 0.2) is 17.4 Å². The van der Waals surface area contributed by atoms with Gasteiger partial charge in [0.25, 0.3) is 0 Å². The van der Waals surface area contributed by atoms with Gasteiger partial charge in [-0.25, -0.2) is 9.55 Å². The zero-order valence-electron chi connectivity index (χ0n) is 24.3. The first kappa shape index (κ1) is 31.4. The van der Waals surface area contributed by atoms with Crippen LogP contribution in [0.25, 0.3) is 21.6 Å². The average Bonchev–Trinajstić information content (AvgIpc) is 3.48. The Morgan fingerprint density at radius 1 is 1.36 bits per heavy atom. The Hall–Kier alpha value is -3.98. The van der Waals surface area contributed by atoms with Gasteiger partial charge in [0.05, 0.1) is 25.6 Å². The van der Waals surface area contributed by atoms with Crippen LogP contribution in [0.2, 0.25) is 0 Å². The van der Waals surface area contributed by atoms with Gasteiger partial charge in [-0.3, -0.25) is 13.9 Å². The summed E-state index contributed by atoms with van der Waals surface area (Å²) >= 11 is 0. The Morgan fingerprint density at radius 2 is 2.11 bits per heavy atom. The molecule has 18 heteroatoms. The highest BCUT2D eigenvalue weighted by Crippen LogP contribution is 2.48. The number of aromatic nitrogens is 4. The molecule has 0 amide bonds. The number of aliphatic hydroxyl groups is 1. The number of esters is 1. The molecule has 0 radical (unpaired) electrons. The first-order valence-corrected chi connectivity index (χ1v) is 15.6. The third kappa shape index (κ3) is 6.43. The number of azide groups is 1. The van der Waals surface area contributed by atoms with Crippen LogP contribution in [0.1, 0.15) is 46.3 Å². The Kier molecular flexibility index (Phi) is 9.25. The van der Waals surface area contributed by atoms with Gasteiger partial charge in [0, 0.05) is 4.91 Å². The van der Waals surface area contributed by atoms with Crippen LogP contribution in [0.4, 0.5) is 5.95 Å². The van der Waals surface area contributed by atoms with Gasteiger partial charge < -0.3 is 29.6 Å². The lowest BCUT2D eigenvalue weighted by atomic mass is 9.93. The molecule has 3 heterocycles. The fourth-order valence-corrected chi connectivity index (χ4v) is 6.33. The highest BCUT2D eigenvalue weighted by atomic mass is 31.2. The molecular formula is C26H34N9O8P. The molecule has 1 saturated heterocycles. The molecule has 5 rings (SSSR count). The van der Waals surface area contributed by atoms with Crippen LogP contribution >= 0.6 is 7.75 Å². The van der Waals surface area contributed by atoms with Crippen molar-refractivity contribution in [3.8, 4) is 11.6 Å². The molecule has 236 valence electrons. The molecule has 1 aliphatic carbocycles. The second kappa shape index (κ2) is 12.9. The van der Waals surface area contributed by atoms with Crippen LogP contribution in [-0.4, -0.2) is 73.7 Å². The van der Waals surface area contributed by atoms with Gasteiger partial charge in [-0.05, 0) is 57.7 Å². The molecule has 2 aliphatic rings. The van der Waals surface area contributed by atoms with E-state index in [1.54, 1.807) is 37.3 Å². The number of rotatable bonds is 13. The molecule has 6 atom stereocenters. The molecular weight excluding hydrogens is 597 g/mol. The van der Waals surface area contributed by atoms with Crippen molar-refractivity contribution in [3.63, 3.8) is 0 Å². The van der Waals surface area contributed by atoms with Crippen LogP contribution in [0.5, 0.6) is 11.6 Å². The van der Waals surface area contributed by atoms with E-state index in [4.69, 9.17) is 29.0 Å². The predicted molar refractivity (Wildman–Crippen MR) is 155 cm³/mol. The topological polar surface area (TPSA) is 231 Å². The zero-order valence-corrected chi connectivity index (χ0v) is 25.2. The maximum Gasteiger partial charge on any atom is 0.459 e. The largest absolute Gasteiger partial charge is 0.476 e. The van der Waals surface area contributed by atoms with Crippen molar-refractivity contribution in [2.75, 3.05) is 18.9 Å². The lowest BCUT2D eigenvalue weighted by molar-refractivity contribution is -0.154. The number of nitrogens with one attached hydrogen (secondary N) is 1. The van der Waals surface area contributed by atoms with Gasteiger partial charge >= 0.3 is 13.7 Å². The monoisotopic (exact) mass is 631 g/mol. The lowest BCUT2D eigenvalue weighted by Gasteiger charge is -2.29. The highest BCUT2D eigenvalue weighted by Gasteiger charge is 2.55. The second-order valence-electron chi connectivity index (χ2n) is 10.6. The summed E-state index contributed by atoms with van der Waals surface area (Å²) in [7, 11) is -4.28. The quantitative estimate of drug-likeness (QED) is 0.0808. The Balaban J connectivity index is 1.39. The van der Waals surface area contributed by atoms with E-state index in [1.807, 2.05) is 0 Å². The first-order chi connectivity index (χ1) is 21.1. The maximum absolute atomic E-state index is 14.0. The highest BCUT2D eigenvalue weighted by molar-refractivity contribution is 7.52. The summed E-state index contributed by atoms with van der Waals surface area (Å²) in [5.41, 5.74) is 14.2. The molecule has 2 aromatic heterocycles. The van der Waals surface area contributed by atoms with Gasteiger partial charge in [-0.15, -0.1) is 0 Å². The standard InChI is InChI=1S/C26H34N9O8P/c1-4-39-22-19-21(30-25(27)31-22)35(14-29-19)24-26(3,33-34-28)20(36)18(42-24)13-40-44(38,43-17-9-6-5-7-10-17)32-15(2)23(37)41-16-11-8-12-16/h5-7,9-10,14-16,18,20,24,36H,4,8,11-13H2,1-3H3,(H,32,38)(H2,27,30,31)/t15-,18+,20+,24+,26+,44?/m0/s1. The second-order valence-corrected chi connectivity index (χ2v) is 12.3. The van der Waals surface area contributed by atoms with Crippen molar-refractivity contribution < 1.29 is 37.7 Å². The van der Waals surface area contributed by atoms with Gasteiger partial charge in [0.1, 0.15) is 29.5 Å². The number of nitrogen functional groups attached to an aromatic ring is 1. The number of aliphatic hydroxyl groups excluding tert-OH is 1. The van der Waals surface area contributed by atoms with Crippen LogP contribution in [0.3, 0.4) is 0 Å². The molecule has 1 unspecified atom stereocenters. The predicted octanol–water partition coefficient (Wildman–Crippen LogP) is 3.41. The van der Waals surface area contributed by atoms with Crippen LogP contribution in [-0.2, 0) is 23.4 Å². The van der Waals surface area contributed by atoms with Crippen molar-refractivity contribution in [1.29, 1.82) is 0 Å². The molecule has 4 N–H and O–H groups in total. The number of carbonyl (C=O) groups is 1. The van der Waals surface area contributed by atoms with Crippen molar-refractivity contribution >= 4 is 30.8 Å². The number of anilines is 1. The lowest BCUT2D eigenvalue weighted by Crippen LogP contribution is -2.43. The minimum atomic E-state index is -4.28. The fourth-order valence-electron chi connectivity index (χ4n) is 4.82. The third-order valence-electron chi connectivity index (χ3n) is 7.37. The third-order valence-corrected chi connectivity index (χ3v) is 9.02. The van der Waals surface area contributed by atoms with E-state index in [-0.39, 0.29) is 34.8 Å². The van der Waals surface area contributed by atoms with E-state index in [0.717, 1.165) is 19.3 Å². The minimum absolute atomic E-state index is 0.0957. The van der Waals surface area contributed by atoms with E-state index < -0.39 is 50.3 Å². The van der Waals surface area contributed by atoms with Gasteiger partial charge in [0.2, 0.25) is 11.8 Å². The van der Waals surface area contributed by atoms with Crippen LogP contribution in [0, 0.1) is 0 Å². The molecule has 2 fully saturated rings. The summed E-state index contributed by atoms with van der Waals surface area (Å²) in [5, 5.41) is 17.8. The molecule has 1 aliphatic heterocycles. The number of nitrogens with zero attached hydrogens (tertiary/aromatic N) is 7. The van der Waals surface area contributed by atoms with Crippen molar-refractivity contribution in [1.82, 2.24) is 24.6 Å². The number of imidazole rings is 1. The van der Waals surface area contributed by atoms with E-state index in [2.05, 4.69) is 30.1 Å². The van der Waals surface area contributed by atoms with Gasteiger partial charge in [-0.2, -0.15) is 15.1 Å². The summed E-state index contributed by atoms with van der Waals surface area (Å²) < 4.78 is 44.0. The molecule has 3 aromatic rings. The molecule has 0 bridgehead atoms. The normalized spacial score (nSPS) is 25.4. The summed E-state index contributed by atoms with van der Waals surface area (Å²) in [4.78, 5) is 28.2. The molecule has 1 aromatic carbocycles. The molecule has 1 saturated carbocycles. The van der Waals surface area contributed by atoms with E-state index in [9.17, 15) is 20.0 Å². The summed E-state index contributed by atoms with van der Waals surface area (Å²) in [5.74, 6) is -0.350. The number of hydrogen-bond donors (Lipinski definition) is 3. The molecule has 44 heavy (non-hydrogen) atoms. The minimum Gasteiger partial charge on any atom is -0.476 e. The van der Waals surface area contributed by atoms with Crippen molar-refractivity contribution in [2.24, 2.45) is 5.11 Å². The Morgan fingerprint density at radius 3 is 2.77 bits per heavy atom. The SMILES string of the molecule is CCOc1nc(N)nc2c1ncn2[C@@H]1O[C@H](COP(=O)(N[C@@H](C)C(=O)OC2CCC2)Oc2ccccc2)[C@@H](O)[C@@]1(C)N=[N+]=[N-]. The van der Waals surface area contributed by atoms with Crippen LogP contribution < -0.4 is 20.1 Å². The number of carbonyl (C=O) groups excluding carboxylic acids is 1. The van der Waals surface area contributed by atoms with E-state index in [0.29, 0.717) is 6.61 Å². The van der Waals surface area contributed by atoms with E-state index in [1.165, 1.54) is 24.7 Å². The molecule has 17 nitrogen and oxygen atoms in total. The molecule has 0 spiro atoms. The number of ether oxygens (including phenoxy) is 3. The number of benzene rings is 1. The Labute approximate surface area is 252 Å². The zero-order chi connectivity index (χ0) is 31.5. The van der Waals surface area contributed by atoms with Crippen molar-refractivity contribution in [3.05, 3.63) is 47.1 Å². The summed E-state index contributed by atoms with van der Waals surface area (Å²) in [6.45, 7) is 4.54. The van der Waals surface area contributed by atoms with E-state index >= 15 is 0 Å². The number of hydrogen-bond acceptors (Lipinski definition) is 13. The van der Waals surface area contributed by atoms with Crippen molar-refractivity contribution in [2.45, 2.75) is 76.2 Å². The number of para-hydroxylation sites is 1. The first-order valence-electron chi connectivity index (χ1n) is 14.1.